The van der Waals surface area contributed by atoms with Gasteiger partial charge in [-0.2, -0.15) is 0 Å². The Bertz CT molecular complexity index is 109. The second-order valence-corrected chi connectivity index (χ2v) is 2.64. The number of rotatable bonds is 4. The molecule has 0 aliphatic rings. The van der Waals surface area contributed by atoms with Gasteiger partial charge in [0.15, 0.2) is 0 Å². The average Bonchev–Trinajstić information content (AvgIpc) is 1.58. The fourth-order valence-electron chi connectivity index (χ4n) is 0.809. The first kappa shape index (κ1) is 9.59. The summed E-state index contributed by atoms with van der Waals surface area (Å²) < 4.78 is 0. The van der Waals surface area contributed by atoms with Crippen LogP contribution in [-0.2, 0) is 4.79 Å². The van der Waals surface area contributed by atoms with Crippen LogP contribution in [-0.4, -0.2) is 28.2 Å². The molecule has 0 saturated carbocycles. The fourth-order valence-corrected chi connectivity index (χ4v) is 0.809. The van der Waals surface area contributed by atoms with E-state index in [2.05, 4.69) is 0 Å². The lowest BCUT2D eigenvalue weighted by atomic mass is 10.1. The van der Waals surface area contributed by atoms with Crippen molar-refractivity contribution in [3.05, 3.63) is 0 Å². The van der Waals surface area contributed by atoms with Crippen molar-refractivity contribution < 1.29 is 15.0 Å². The molecule has 0 aliphatic carbocycles. The van der Waals surface area contributed by atoms with Gasteiger partial charge in [0.1, 0.15) is 5.78 Å². The second-order valence-electron chi connectivity index (χ2n) is 2.64. The van der Waals surface area contributed by atoms with Gasteiger partial charge in [-0.3, -0.25) is 4.79 Å². The van der Waals surface area contributed by atoms with Gasteiger partial charge in [-0.25, -0.2) is 0 Å². The number of hydrogen-bond donors (Lipinski definition) is 2. The first-order valence-corrected chi connectivity index (χ1v) is 3.38. The van der Waals surface area contributed by atoms with Gasteiger partial charge in [-0.1, -0.05) is 0 Å². The zero-order valence-electron chi connectivity index (χ0n) is 6.37. The van der Waals surface area contributed by atoms with E-state index in [9.17, 15) is 4.79 Å². The standard InChI is InChI=1S/C7H14O3/c1-5(8)3-7(10)4-6(2)9/h5,7-8,10H,3-4H2,1-2H3/t5?,7-/m1/s1. The van der Waals surface area contributed by atoms with Gasteiger partial charge < -0.3 is 10.2 Å². The number of carbonyl (C=O) groups is 1. The van der Waals surface area contributed by atoms with Crippen molar-refractivity contribution in [3.8, 4) is 0 Å². The molecular formula is C7H14O3. The number of hydrogen-bond acceptors (Lipinski definition) is 3. The van der Waals surface area contributed by atoms with Crippen LogP contribution in [0.3, 0.4) is 0 Å². The molecule has 0 rings (SSSR count). The Hall–Kier alpha value is -0.410. The fraction of sp³-hybridized carbons (Fsp3) is 0.857. The highest BCUT2D eigenvalue weighted by Gasteiger charge is 2.09. The summed E-state index contributed by atoms with van der Waals surface area (Å²) in [5.41, 5.74) is 0. The molecule has 0 aromatic carbocycles. The van der Waals surface area contributed by atoms with Crippen molar-refractivity contribution >= 4 is 5.78 Å². The van der Waals surface area contributed by atoms with E-state index in [-0.39, 0.29) is 18.6 Å². The zero-order chi connectivity index (χ0) is 8.15. The Balaban J connectivity index is 3.43. The Kier molecular flexibility index (Phi) is 4.23. The quantitative estimate of drug-likeness (QED) is 0.591. The molecule has 2 atom stereocenters. The highest BCUT2D eigenvalue weighted by atomic mass is 16.3. The first-order valence-electron chi connectivity index (χ1n) is 3.38. The normalized spacial score (nSPS) is 16.4. The van der Waals surface area contributed by atoms with Crippen LogP contribution >= 0.6 is 0 Å². The van der Waals surface area contributed by atoms with Crippen LogP contribution in [0.5, 0.6) is 0 Å². The molecule has 0 aromatic heterocycles. The summed E-state index contributed by atoms with van der Waals surface area (Å²) in [4.78, 5) is 10.4. The molecule has 3 nitrogen and oxygen atoms in total. The lowest BCUT2D eigenvalue weighted by Gasteiger charge is -2.09. The molecule has 0 aromatic rings. The summed E-state index contributed by atoms with van der Waals surface area (Å²) >= 11 is 0. The maximum absolute atomic E-state index is 10.4. The first-order chi connectivity index (χ1) is 4.52. The van der Waals surface area contributed by atoms with E-state index in [1.54, 1.807) is 6.92 Å². The molecule has 1 unspecified atom stereocenters. The van der Waals surface area contributed by atoms with E-state index in [1.807, 2.05) is 0 Å². The molecular weight excluding hydrogens is 132 g/mol. The lowest BCUT2D eigenvalue weighted by molar-refractivity contribution is -0.119. The van der Waals surface area contributed by atoms with E-state index in [0.29, 0.717) is 0 Å². The Labute approximate surface area is 60.7 Å². The predicted molar refractivity (Wildman–Crippen MR) is 37.6 cm³/mol. The summed E-state index contributed by atoms with van der Waals surface area (Å²) in [7, 11) is 0. The van der Waals surface area contributed by atoms with Gasteiger partial charge >= 0.3 is 0 Å². The largest absolute Gasteiger partial charge is 0.393 e. The number of Topliss-reactive ketones (excluding diaryl/α,β-unsaturated/α-hetero) is 1. The zero-order valence-corrected chi connectivity index (χ0v) is 6.37. The van der Waals surface area contributed by atoms with Crippen molar-refractivity contribution in [2.24, 2.45) is 0 Å². The summed E-state index contributed by atoms with van der Waals surface area (Å²) in [5.74, 6) is -0.0480. The third kappa shape index (κ3) is 5.72. The number of aliphatic hydroxyl groups excluding tert-OH is 2. The molecule has 3 heteroatoms. The molecule has 0 spiro atoms. The van der Waals surface area contributed by atoms with Crippen LogP contribution in [0.1, 0.15) is 26.7 Å². The molecule has 0 heterocycles. The van der Waals surface area contributed by atoms with E-state index in [4.69, 9.17) is 10.2 Å². The summed E-state index contributed by atoms with van der Waals surface area (Å²) in [6.07, 6.45) is -0.795. The van der Waals surface area contributed by atoms with E-state index < -0.39 is 12.2 Å². The second kappa shape index (κ2) is 4.41. The molecule has 0 saturated heterocycles. The number of ketones is 1. The third-order valence-electron chi connectivity index (χ3n) is 1.14. The minimum Gasteiger partial charge on any atom is -0.393 e. The summed E-state index contributed by atoms with van der Waals surface area (Å²) in [5, 5.41) is 17.8. The molecule has 2 N–H and O–H groups in total. The topological polar surface area (TPSA) is 57.5 Å². The molecule has 10 heavy (non-hydrogen) atoms. The third-order valence-corrected chi connectivity index (χ3v) is 1.14. The Morgan fingerprint density at radius 2 is 2.00 bits per heavy atom. The number of carbonyl (C=O) groups excluding carboxylic acids is 1. The molecule has 0 bridgehead atoms. The Morgan fingerprint density at radius 1 is 1.50 bits per heavy atom. The van der Waals surface area contributed by atoms with Gasteiger partial charge in [0.05, 0.1) is 12.2 Å². The highest BCUT2D eigenvalue weighted by Crippen LogP contribution is 2.01. The van der Waals surface area contributed by atoms with Gasteiger partial charge in [0.25, 0.3) is 0 Å². The van der Waals surface area contributed by atoms with Crippen LogP contribution in [0.2, 0.25) is 0 Å². The number of aliphatic hydroxyl groups is 2. The van der Waals surface area contributed by atoms with Crippen LogP contribution in [0.4, 0.5) is 0 Å². The summed E-state index contributed by atoms with van der Waals surface area (Å²) in [6, 6.07) is 0. The maximum atomic E-state index is 10.4. The molecule has 0 aliphatic heterocycles. The minimum absolute atomic E-state index is 0.0480. The van der Waals surface area contributed by atoms with Crippen molar-refractivity contribution in [1.82, 2.24) is 0 Å². The molecule has 0 amide bonds. The lowest BCUT2D eigenvalue weighted by Crippen LogP contribution is -2.17. The van der Waals surface area contributed by atoms with Gasteiger partial charge in [-0.15, -0.1) is 0 Å². The van der Waals surface area contributed by atoms with Gasteiger partial charge in [-0.05, 0) is 20.3 Å². The monoisotopic (exact) mass is 146 g/mol. The van der Waals surface area contributed by atoms with Crippen LogP contribution in [0.15, 0.2) is 0 Å². The SMILES string of the molecule is CC(=O)C[C@H](O)CC(C)O. The highest BCUT2D eigenvalue weighted by molar-refractivity contribution is 5.75. The van der Waals surface area contributed by atoms with Crippen molar-refractivity contribution in [3.63, 3.8) is 0 Å². The van der Waals surface area contributed by atoms with Crippen LogP contribution in [0, 0.1) is 0 Å². The predicted octanol–water partition coefficient (Wildman–Crippen LogP) is 0.0973. The van der Waals surface area contributed by atoms with E-state index in [1.165, 1.54) is 6.92 Å². The molecule has 0 radical (unpaired) electrons. The molecule has 0 fully saturated rings. The average molecular weight is 146 g/mol. The summed E-state index contributed by atoms with van der Waals surface area (Å²) in [6.45, 7) is 3.01. The molecule has 60 valence electrons. The van der Waals surface area contributed by atoms with Crippen molar-refractivity contribution in [1.29, 1.82) is 0 Å². The smallest absolute Gasteiger partial charge is 0.132 e. The Morgan fingerprint density at radius 3 is 2.30 bits per heavy atom. The minimum atomic E-state index is -0.683. The van der Waals surface area contributed by atoms with Crippen LogP contribution < -0.4 is 0 Å². The van der Waals surface area contributed by atoms with Gasteiger partial charge in [0, 0.05) is 6.42 Å². The van der Waals surface area contributed by atoms with Crippen molar-refractivity contribution in [2.45, 2.75) is 38.9 Å². The van der Waals surface area contributed by atoms with E-state index >= 15 is 0 Å². The maximum Gasteiger partial charge on any atom is 0.132 e. The van der Waals surface area contributed by atoms with E-state index in [0.717, 1.165) is 0 Å². The van der Waals surface area contributed by atoms with Crippen LogP contribution in [0.25, 0.3) is 0 Å². The van der Waals surface area contributed by atoms with Crippen molar-refractivity contribution in [2.75, 3.05) is 0 Å². The van der Waals surface area contributed by atoms with Gasteiger partial charge in [0.2, 0.25) is 0 Å².